The minimum atomic E-state index is -0.352. The summed E-state index contributed by atoms with van der Waals surface area (Å²) in [4.78, 5) is 25.8. The Kier molecular flexibility index (Phi) is 6.48. The van der Waals surface area contributed by atoms with Gasteiger partial charge in [0.15, 0.2) is 11.5 Å². The maximum Gasteiger partial charge on any atom is 0.254 e. The Morgan fingerprint density at radius 3 is 2.79 bits per heavy atom. The van der Waals surface area contributed by atoms with Crippen LogP contribution in [0.5, 0.6) is 11.5 Å². The number of carbonyl (C=O) groups excluding carboxylic acids is 2. The van der Waals surface area contributed by atoms with Crippen LogP contribution < -0.4 is 15.2 Å². The number of carbonyl (C=O) groups is 2. The van der Waals surface area contributed by atoms with Crippen molar-refractivity contribution in [1.82, 2.24) is 4.90 Å². The van der Waals surface area contributed by atoms with Gasteiger partial charge in [-0.2, -0.15) is 0 Å². The first-order valence-corrected chi connectivity index (χ1v) is 8.86. The molecular formula is C17H23BrN2O4. The molecule has 0 saturated carbocycles. The van der Waals surface area contributed by atoms with E-state index in [1.807, 2.05) is 6.92 Å². The zero-order valence-electron chi connectivity index (χ0n) is 14.0. The maximum atomic E-state index is 12.8. The van der Waals surface area contributed by atoms with Crippen LogP contribution in [0.4, 0.5) is 0 Å². The molecule has 0 bridgehead atoms. The Labute approximate surface area is 150 Å². The second-order valence-corrected chi connectivity index (χ2v) is 6.68. The number of nitrogens with two attached hydrogens (primary N) is 1. The molecule has 0 spiro atoms. The van der Waals surface area contributed by atoms with Gasteiger partial charge in [0.25, 0.3) is 5.91 Å². The molecule has 1 aliphatic heterocycles. The molecule has 2 rings (SSSR count). The highest BCUT2D eigenvalue weighted by Crippen LogP contribution is 2.37. The molecule has 7 heteroatoms. The van der Waals surface area contributed by atoms with Crippen LogP contribution in [0.1, 0.15) is 36.5 Å². The molecule has 24 heavy (non-hydrogen) atoms. The summed E-state index contributed by atoms with van der Waals surface area (Å²) >= 11 is 3.45. The van der Waals surface area contributed by atoms with Gasteiger partial charge in [-0.3, -0.25) is 9.59 Å². The Bertz CT molecular complexity index is 621. The summed E-state index contributed by atoms with van der Waals surface area (Å²) < 4.78 is 11.7. The molecule has 2 amide bonds. The van der Waals surface area contributed by atoms with E-state index >= 15 is 0 Å². The van der Waals surface area contributed by atoms with Crippen molar-refractivity contribution in [2.75, 3.05) is 26.8 Å². The highest BCUT2D eigenvalue weighted by atomic mass is 79.9. The Hall–Kier alpha value is -1.76. The molecule has 1 saturated heterocycles. The number of piperidine rings is 1. The highest BCUT2D eigenvalue weighted by molar-refractivity contribution is 9.10. The van der Waals surface area contributed by atoms with Gasteiger partial charge < -0.3 is 20.1 Å². The van der Waals surface area contributed by atoms with Crippen molar-refractivity contribution < 1.29 is 19.1 Å². The van der Waals surface area contributed by atoms with Crippen LogP contribution in [0.15, 0.2) is 16.6 Å². The first kappa shape index (κ1) is 18.6. The predicted molar refractivity (Wildman–Crippen MR) is 94.3 cm³/mol. The Morgan fingerprint density at radius 1 is 1.42 bits per heavy atom. The standard InChI is InChI=1S/C17H23BrN2O4/c1-3-7-24-15-13(18)8-12(9-14(15)23-2)17(22)20-6-4-5-11(10-20)16(19)21/h8-9,11H,3-7,10H2,1-2H3,(H2,19,21). The summed E-state index contributed by atoms with van der Waals surface area (Å²) in [5.41, 5.74) is 5.88. The van der Waals surface area contributed by atoms with Crippen molar-refractivity contribution in [1.29, 1.82) is 0 Å². The largest absolute Gasteiger partial charge is 0.493 e. The monoisotopic (exact) mass is 398 g/mol. The number of amides is 2. The van der Waals surface area contributed by atoms with Crippen LogP contribution in [-0.2, 0) is 4.79 Å². The molecule has 1 atom stereocenters. The smallest absolute Gasteiger partial charge is 0.254 e. The topological polar surface area (TPSA) is 81.9 Å². The summed E-state index contributed by atoms with van der Waals surface area (Å²) in [6, 6.07) is 3.40. The molecule has 1 aromatic rings. The zero-order chi connectivity index (χ0) is 17.7. The third-order valence-corrected chi connectivity index (χ3v) is 4.63. The van der Waals surface area contributed by atoms with Crippen molar-refractivity contribution in [3.05, 3.63) is 22.2 Å². The lowest BCUT2D eigenvalue weighted by atomic mass is 9.97. The summed E-state index contributed by atoms with van der Waals surface area (Å²) in [5, 5.41) is 0. The van der Waals surface area contributed by atoms with E-state index in [4.69, 9.17) is 15.2 Å². The SMILES string of the molecule is CCCOc1c(Br)cc(C(=O)N2CCCC(C(N)=O)C2)cc1OC. The quantitative estimate of drug-likeness (QED) is 0.797. The van der Waals surface area contributed by atoms with E-state index in [-0.39, 0.29) is 17.7 Å². The number of likely N-dealkylation sites (tertiary alicyclic amines) is 1. The lowest BCUT2D eigenvalue weighted by Crippen LogP contribution is -2.44. The molecule has 0 radical (unpaired) electrons. The maximum absolute atomic E-state index is 12.8. The molecule has 1 aromatic carbocycles. The van der Waals surface area contributed by atoms with E-state index in [0.29, 0.717) is 41.2 Å². The summed E-state index contributed by atoms with van der Waals surface area (Å²) in [5.74, 6) is 0.325. The van der Waals surface area contributed by atoms with Crippen LogP contribution >= 0.6 is 15.9 Å². The van der Waals surface area contributed by atoms with Crippen molar-refractivity contribution in [3.63, 3.8) is 0 Å². The minimum absolute atomic E-state index is 0.137. The van der Waals surface area contributed by atoms with Crippen LogP contribution in [0.25, 0.3) is 0 Å². The van der Waals surface area contributed by atoms with Crippen LogP contribution in [0, 0.1) is 5.92 Å². The van der Waals surface area contributed by atoms with E-state index in [0.717, 1.165) is 19.3 Å². The molecule has 132 valence electrons. The first-order valence-electron chi connectivity index (χ1n) is 8.06. The van der Waals surface area contributed by atoms with E-state index in [1.165, 1.54) is 0 Å². The van der Waals surface area contributed by atoms with Gasteiger partial charge >= 0.3 is 0 Å². The van der Waals surface area contributed by atoms with Crippen molar-refractivity contribution in [2.45, 2.75) is 26.2 Å². The molecule has 1 unspecified atom stereocenters. The molecule has 2 N–H and O–H groups in total. The fourth-order valence-corrected chi connectivity index (χ4v) is 3.32. The fourth-order valence-electron chi connectivity index (χ4n) is 2.76. The van der Waals surface area contributed by atoms with Gasteiger partial charge in [-0.15, -0.1) is 0 Å². The average Bonchev–Trinajstić information content (AvgIpc) is 2.59. The summed E-state index contributed by atoms with van der Waals surface area (Å²) in [6.07, 6.45) is 2.38. The van der Waals surface area contributed by atoms with E-state index in [9.17, 15) is 9.59 Å². The lowest BCUT2D eigenvalue weighted by molar-refractivity contribution is -0.123. The van der Waals surface area contributed by atoms with Gasteiger partial charge in [-0.1, -0.05) is 6.92 Å². The molecule has 6 nitrogen and oxygen atoms in total. The van der Waals surface area contributed by atoms with E-state index in [1.54, 1.807) is 24.1 Å². The first-order chi connectivity index (χ1) is 11.5. The molecule has 0 aromatic heterocycles. The summed E-state index contributed by atoms with van der Waals surface area (Å²) in [7, 11) is 1.54. The van der Waals surface area contributed by atoms with E-state index in [2.05, 4.69) is 15.9 Å². The van der Waals surface area contributed by atoms with Crippen molar-refractivity contribution in [2.24, 2.45) is 11.7 Å². The van der Waals surface area contributed by atoms with Gasteiger partial charge in [0.05, 0.1) is 24.1 Å². The molecule has 1 aliphatic rings. The Balaban J connectivity index is 2.23. The highest BCUT2D eigenvalue weighted by Gasteiger charge is 2.28. The van der Waals surface area contributed by atoms with Gasteiger partial charge in [0, 0.05) is 18.7 Å². The van der Waals surface area contributed by atoms with Crippen LogP contribution in [0.3, 0.4) is 0 Å². The normalized spacial score (nSPS) is 17.5. The van der Waals surface area contributed by atoms with Gasteiger partial charge in [0.2, 0.25) is 5.91 Å². The molecule has 1 heterocycles. The third kappa shape index (κ3) is 4.20. The number of rotatable bonds is 6. The number of nitrogens with zero attached hydrogens (tertiary/aromatic N) is 1. The number of ether oxygens (including phenoxy) is 2. The van der Waals surface area contributed by atoms with Crippen molar-refractivity contribution >= 4 is 27.7 Å². The zero-order valence-corrected chi connectivity index (χ0v) is 15.6. The third-order valence-electron chi connectivity index (χ3n) is 4.04. The van der Waals surface area contributed by atoms with Gasteiger partial charge in [0.1, 0.15) is 0 Å². The van der Waals surface area contributed by atoms with Gasteiger partial charge in [-0.25, -0.2) is 0 Å². The van der Waals surface area contributed by atoms with Gasteiger partial charge in [-0.05, 0) is 47.3 Å². The number of hydrogen-bond acceptors (Lipinski definition) is 4. The lowest BCUT2D eigenvalue weighted by Gasteiger charge is -2.31. The summed E-state index contributed by atoms with van der Waals surface area (Å²) in [6.45, 7) is 3.57. The van der Waals surface area contributed by atoms with Crippen LogP contribution in [-0.4, -0.2) is 43.5 Å². The van der Waals surface area contributed by atoms with Crippen molar-refractivity contribution in [3.8, 4) is 11.5 Å². The average molecular weight is 399 g/mol. The molecule has 1 fully saturated rings. The Morgan fingerprint density at radius 2 is 2.17 bits per heavy atom. The number of primary amides is 1. The van der Waals surface area contributed by atoms with E-state index < -0.39 is 0 Å². The fraction of sp³-hybridized carbons (Fsp3) is 0.529. The molecule has 0 aliphatic carbocycles. The molecular weight excluding hydrogens is 376 g/mol. The number of methoxy groups -OCH3 is 1. The second kappa shape index (κ2) is 8.37. The number of benzene rings is 1. The van der Waals surface area contributed by atoms with Crippen LogP contribution in [0.2, 0.25) is 0 Å². The second-order valence-electron chi connectivity index (χ2n) is 5.83. The minimum Gasteiger partial charge on any atom is -0.493 e. The predicted octanol–water partition coefficient (Wildman–Crippen LogP) is 2.58. The number of hydrogen-bond donors (Lipinski definition) is 1. The number of halogens is 1.